The molecule has 1 N–H and O–H groups in total. The Labute approximate surface area is 143 Å². The summed E-state index contributed by atoms with van der Waals surface area (Å²) in [5.41, 5.74) is 2.23. The second kappa shape index (κ2) is 8.68. The highest BCUT2D eigenvalue weighted by Gasteiger charge is 2.21. The van der Waals surface area contributed by atoms with E-state index in [0.29, 0.717) is 32.7 Å². The SMILES string of the molecule is CNC(=O)CN1CCN(C(=O)CCOc2cc(C)ccc2C)CC1. The minimum absolute atomic E-state index is 0.0108. The summed E-state index contributed by atoms with van der Waals surface area (Å²) >= 11 is 0. The average Bonchev–Trinajstić information content (AvgIpc) is 2.58. The van der Waals surface area contributed by atoms with Crippen LogP contribution in [0.3, 0.4) is 0 Å². The van der Waals surface area contributed by atoms with E-state index in [9.17, 15) is 9.59 Å². The zero-order valence-electron chi connectivity index (χ0n) is 14.8. The quantitative estimate of drug-likeness (QED) is 0.842. The second-order valence-corrected chi connectivity index (χ2v) is 6.20. The van der Waals surface area contributed by atoms with Gasteiger partial charge in [-0.1, -0.05) is 12.1 Å². The molecule has 0 bridgehead atoms. The fourth-order valence-electron chi connectivity index (χ4n) is 2.71. The first-order valence-electron chi connectivity index (χ1n) is 8.40. The van der Waals surface area contributed by atoms with Gasteiger partial charge in [-0.3, -0.25) is 14.5 Å². The number of benzene rings is 1. The van der Waals surface area contributed by atoms with Gasteiger partial charge in [0.05, 0.1) is 19.6 Å². The number of carbonyl (C=O) groups is 2. The molecule has 24 heavy (non-hydrogen) atoms. The van der Waals surface area contributed by atoms with E-state index < -0.39 is 0 Å². The lowest BCUT2D eigenvalue weighted by atomic mass is 10.1. The van der Waals surface area contributed by atoms with Gasteiger partial charge in [-0.25, -0.2) is 0 Å². The van der Waals surface area contributed by atoms with E-state index in [1.165, 1.54) is 0 Å². The lowest BCUT2D eigenvalue weighted by Crippen LogP contribution is -2.51. The monoisotopic (exact) mass is 333 g/mol. The van der Waals surface area contributed by atoms with E-state index in [-0.39, 0.29) is 11.8 Å². The van der Waals surface area contributed by atoms with E-state index in [1.54, 1.807) is 7.05 Å². The third-order valence-corrected chi connectivity index (χ3v) is 4.29. The van der Waals surface area contributed by atoms with Crippen LogP contribution in [0.5, 0.6) is 5.75 Å². The van der Waals surface area contributed by atoms with Crippen molar-refractivity contribution in [3.8, 4) is 5.75 Å². The molecule has 1 aromatic carbocycles. The fourth-order valence-corrected chi connectivity index (χ4v) is 2.71. The summed E-state index contributed by atoms with van der Waals surface area (Å²) in [5.74, 6) is 0.967. The van der Waals surface area contributed by atoms with Crippen LogP contribution in [0, 0.1) is 13.8 Å². The summed E-state index contributed by atoms with van der Waals surface area (Å²) in [5, 5.41) is 2.62. The maximum atomic E-state index is 12.3. The molecule has 1 fully saturated rings. The minimum atomic E-state index is 0.0108. The highest BCUT2D eigenvalue weighted by atomic mass is 16.5. The van der Waals surface area contributed by atoms with Crippen molar-refractivity contribution < 1.29 is 14.3 Å². The van der Waals surface area contributed by atoms with Crippen molar-refractivity contribution in [2.45, 2.75) is 20.3 Å². The summed E-state index contributed by atoms with van der Waals surface area (Å²) in [6.45, 7) is 7.61. The molecule has 0 atom stereocenters. The van der Waals surface area contributed by atoms with Gasteiger partial charge in [0.2, 0.25) is 11.8 Å². The number of amides is 2. The minimum Gasteiger partial charge on any atom is -0.493 e. The van der Waals surface area contributed by atoms with E-state index in [2.05, 4.69) is 10.2 Å². The van der Waals surface area contributed by atoms with Crippen molar-refractivity contribution in [3.05, 3.63) is 29.3 Å². The van der Waals surface area contributed by atoms with Crippen LogP contribution in [-0.4, -0.2) is 68.0 Å². The molecule has 132 valence electrons. The van der Waals surface area contributed by atoms with Crippen LogP contribution >= 0.6 is 0 Å². The van der Waals surface area contributed by atoms with Crippen molar-refractivity contribution in [1.29, 1.82) is 0 Å². The van der Waals surface area contributed by atoms with Gasteiger partial charge in [0, 0.05) is 33.2 Å². The number of hydrogen-bond acceptors (Lipinski definition) is 4. The van der Waals surface area contributed by atoms with Crippen molar-refractivity contribution in [3.63, 3.8) is 0 Å². The van der Waals surface area contributed by atoms with Gasteiger partial charge in [-0.05, 0) is 31.0 Å². The summed E-state index contributed by atoms with van der Waals surface area (Å²) in [6.07, 6.45) is 0.378. The van der Waals surface area contributed by atoms with Gasteiger partial charge in [-0.15, -0.1) is 0 Å². The smallest absolute Gasteiger partial charge is 0.233 e. The Morgan fingerprint density at radius 3 is 2.54 bits per heavy atom. The molecule has 1 aliphatic heterocycles. The van der Waals surface area contributed by atoms with Crippen LogP contribution in [0.25, 0.3) is 0 Å². The first kappa shape index (κ1) is 18.3. The average molecular weight is 333 g/mol. The number of nitrogens with one attached hydrogen (secondary N) is 1. The van der Waals surface area contributed by atoms with Crippen LogP contribution in [0.2, 0.25) is 0 Å². The lowest BCUT2D eigenvalue weighted by Gasteiger charge is -2.34. The molecule has 1 heterocycles. The third-order valence-electron chi connectivity index (χ3n) is 4.29. The Morgan fingerprint density at radius 1 is 1.17 bits per heavy atom. The number of hydrogen-bond donors (Lipinski definition) is 1. The number of piperazine rings is 1. The third kappa shape index (κ3) is 5.23. The topological polar surface area (TPSA) is 61.9 Å². The predicted molar refractivity (Wildman–Crippen MR) is 93.1 cm³/mol. The highest BCUT2D eigenvalue weighted by Crippen LogP contribution is 2.19. The Morgan fingerprint density at radius 2 is 1.88 bits per heavy atom. The van der Waals surface area contributed by atoms with Crippen molar-refractivity contribution >= 4 is 11.8 Å². The van der Waals surface area contributed by atoms with E-state index in [1.807, 2.05) is 36.9 Å². The van der Waals surface area contributed by atoms with Crippen LogP contribution in [-0.2, 0) is 9.59 Å². The zero-order chi connectivity index (χ0) is 17.5. The largest absolute Gasteiger partial charge is 0.493 e. The van der Waals surface area contributed by atoms with Crippen LogP contribution in [0.1, 0.15) is 17.5 Å². The highest BCUT2D eigenvalue weighted by molar-refractivity contribution is 5.78. The van der Waals surface area contributed by atoms with Gasteiger partial charge in [-0.2, -0.15) is 0 Å². The van der Waals surface area contributed by atoms with Gasteiger partial charge >= 0.3 is 0 Å². The second-order valence-electron chi connectivity index (χ2n) is 6.20. The lowest BCUT2D eigenvalue weighted by molar-refractivity contribution is -0.133. The zero-order valence-corrected chi connectivity index (χ0v) is 14.8. The maximum Gasteiger partial charge on any atom is 0.233 e. The molecule has 0 saturated carbocycles. The molecule has 0 radical (unpaired) electrons. The standard InChI is InChI=1S/C18H27N3O3/c1-14-4-5-15(2)16(12-14)24-11-6-18(23)21-9-7-20(8-10-21)13-17(22)19-3/h4-5,12H,6-11,13H2,1-3H3,(H,19,22). The van der Waals surface area contributed by atoms with Gasteiger partial charge in [0.25, 0.3) is 0 Å². The first-order chi connectivity index (χ1) is 11.5. The van der Waals surface area contributed by atoms with Crippen molar-refractivity contribution in [1.82, 2.24) is 15.1 Å². The number of nitrogens with zero attached hydrogens (tertiary/aromatic N) is 2. The molecule has 6 heteroatoms. The molecule has 2 amide bonds. The van der Waals surface area contributed by atoms with E-state index in [0.717, 1.165) is 30.0 Å². The number of ether oxygens (including phenoxy) is 1. The van der Waals surface area contributed by atoms with E-state index >= 15 is 0 Å². The number of likely N-dealkylation sites (N-methyl/N-ethyl adjacent to an activating group) is 1. The maximum absolute atomic E-state index is 12.3. The molecule has 6 nitrogen and oxygen atoms in total. The molecule has 0 aromatic heterocycles. The number of rotatable bonds is 6. The first-order valence-corrected chi connectivity index (χ1v) is 8.40. The molecular formula is C18H27N3O3. The van der Waals surface area contributed by atoms with Crippen LogP contribution in [0.15, 0.2) is 18.2 Å². The molecule has 2 rings (SSSR count). The van der Waals surface area contributed by atoms with Gasteiger partial charge < -0.3 is 15.0 Å². The Balaban J connectivity index is 1.72. The predicted octanol–water partition coefficient (Wildman–Crippen LogP) is 0.963. The summed E-state index contributed by atoms with van der Waals surface area (Å²) in [7, 11) is 1.64. The number of carbonyl (C=O) groups excluding carboxylic acids is 2. The number of aryl methyl sites for hydroxylation is 2. The molecular weight excluding hydrogens is 306 g/mol. The molecule has 0 unspecified atom stereocenters. The fraction of sp³-hybridized carbons (Fsp3) is 0.556. The summed E-state index contributed by atoms with van der Waals surface area (Å²) in [6, 6.07) is 6.07. The van der Waals surface area contributed by atoms with Crippen molar-refractivity contribution in [2.24, 2.45) is 0 Å². The Bertz CT molecular complexity index is 581. The molecule has 1 saturated heterocycles. The molecule has 1 aromatic rings. The molecule has 1 aliphatic rings. The van der Waals surface area contributed by atoms with Gasteiger partial charge in [0.1, 0.15) is 5.75 Å². The normalized spacial score (nSPS) is 15.2. The Kier molecular flexibility index (Phi) is 6.61. The van der Waals surface area contributed by atoms with Crippen LogP contribution < -0.4 is 10.1 Å². The summed E-state index contributed by atoms with van der Waals surface area (Å²) < 4.78 is 5.76. The van der Waals surface area contributed by atoms with Crippen LogP contribution in [0.4, 0.5) is 0 Å². The molecule has 0 spiro atoms. The Hall–Kier alpha value is -2.08. The van der Waals surface area contributed by atoms with Crippen molar-refractivity contribution in [2.75, 3.05) is 46.4 Å². The van der Waals surface area contributed by atoms with Gasteiger partial charge in [0.15, 0.2) is 0 Å². The summed E-state index contributed by atoms with van der Waals surface area (Å²) in [4.78, 5) is 27.6. The van der Waals surface area contributed by atoms with E-state index in [4.69, 9.17) is 4.74 Å². The molecule has 0 aliphatic carbocycles.